The second-order valence-electron chi connectivity index (χ2n) is 5.88. The van der Waals surface area contributed by atoms with Crippen molar-refractivity contribution in [1.29, 1.82) is 0 Å². The van der Waals surface area contributed by atoms with E-state index >= 15 is 0 Å². The van der Waals surface area contributed by atoms with E-state index in [1.165, 1.54) is 27.9 Å². The molecule has 0 aliphatic heterocycles. The lowest BCUT2D eigenvalue weighted by molar-refractivity contribution is 0.330. The van der Waals surface area contributed by atoms with Crippen LogP contribution < -0.4 is 9.47 Å². The second kappa shape index (κ2) is 9.08. The molecule has 10 nitrogen and oxygen atoms in total. The van der Waals surface area contributed by atoms with Crippen LogP contribution in [0.15, 0.2) is 34.1 Å². The van der Waals surface area contributed by atoms with Gasteiger partial charge in [-0.05, 0) is 32.4 Å². The summed E-state index contributed by atoms with van der Waals surface area (Å²) < 4.78 is 69.9. The van der Waals surface area contributed by atoms with Crippen LogP contribution in [0.2, 0.25) is 0 Å². The fraction of sp³-hybridized carbons (Fsp3) is 0.333. The molecule has 2 rings (SSSR count). The van der Waals surface area contributed by atoms with Gasteiger partial charge >= 0.3 is 20.2 Å². The third kappa shape index (κ3) is 4.95. The van der Waals surface area contributed by atoms with E-state index in [2.05, 4.69) is 0 Å². The van der Waals surface area contributed by atoms with Crippen LogP contribution in [0.5, 0.6) is 28.7 Å². The molecule has 0 aromatic heterocycles. The molecule has 0 aliphatic rings. The van der Waals surface area contributed by atoms with Crippen molar-refractivity contribution in [2.45, 2.75) is 30.6 Å². The molecule has 2 N–H and O–H groups in total. The molecular weight excluding hydrogens is 440 g/mol. The normalized spacial score (nSPS) is 12.0. The molecule has 0 spiro atoms. The van der Waals surface area contributed by atoms with E-state index in [1.807, 2.05) is 0 Å². The van der Waals surface area contributed by atoms with Crippen LogP contribution in [0.4, 0.5) is 0 Å². The highest BCUT2D eigenvalue weighted by Gasteiger charge is 2.28. The Morgan fingerprint density at radius 2 is 1.23 bits per heavy atom. The Hall–Kier alpha value is -2.54. The first kappa shape index (κ1) is 23.7. The highest BCUT2D eigenvalue weighted by atomic mass is 32.2. The van der Waals surface area contributed by atoms with Gasteiger partial charge in [0.25, 0.3) is 0 Å². The lowest BCUT2D eigenvalue weighted by Crippen LogP contribution is -2.10. The molecule has 12 heteroatoms. The number of hydrogen-bond donors (Lipinski definition) is 2. The van der Waals surface area contributed by atoms with Gasteiger partial charge in [-0.3, -0.25) is 8.37 Å². The second-order valence-corrected chi connectivity index (χ2v) is 9.05. The Kier molecular flexibility index (Phi) is 7.18. The summed E-state index contributed by atoms with van der Waals surface area (Å²) in [6.07, 6.45) is 0. The highest BCUT2D eigenvalue weighted by Crippen LogP contribution is 2.42. The molecule has 0 bridgehead atoms. The number of phenols is 2. The number of phenolic OH excluding ortho intramolecular Hbond substituents is 2. The minimum Gasteiger partial charge on any atom is -0.508 e. The van der Waals surface area contributed by atoms with E-state index in [0.29, 0.717) is 0 Å². The standard InChI is InChI=1S/C18H22O10S2/c1-5-26-29(21,22)17-7-11(3)12(19)8-15(17)28-16-9-13(20)14(25-4)10-18(16)30(23,24)27-6-2/h7-10,19-20H,5-6H2,1-4H3. The molecule has 0 saturated heterocycles. The van der Waals surface area contributed by atoms with Crippen LogP contribution in [0.3, 0.4) is 0 Å². The molecule has 0 heterocycles. The van der Waals surface area contributed by atoms with Gasteiger partial charge in [0.2, 0.25) is 0 Å². The maximum Gasteiger partial charge on any atom is 0.300 e. The number of aryl methyl sites for hydroxylation is 1. The average molecular weight is 462 g/mol. The molecule has 0 atom stereocenters. The molecule has 2 aromatic carbocycles. The SMILES string of the molecule is CCOS(=O)(=O)c1cc(C)c(O)cc1Oc1cc(O)c(OC)cc1S(=O)(=O)OCC. The lowest BCUT2D eigenvalue weighted by Gasteiger charge is -2.17. The first-order valence-electron chi connectivity index (χ1n) is 8.68. The summed E-state index contributed by atoms with van der Waals surface area (Å²) in [6, 6.07) is 4.02. The van der Waals surface area contributed by atoms with Crippen LogP contribution in [-0.2, 0) is 28.6 Å². The van der Waals surface area contributed by atoms with Gasteiger partial charge in [-0.1, -0.05) is 0 Å². The van der Waals surface area contributed by atoms with Gasteiger partial charge in [-0.2, -0.15) is 16.8 Å². The zero-order valence-corrected chi connectivity index (χ0v) is 18.3. The van der Waals surface area contributed by atoms with Gasteiger partial charge in [0.05, 0.1) is 20.3 Å². The van der Waals surface area contributed by atoms with Crippen molar-refractivity contribution in [3.8, 4) is 28.7 Å². The molecule has 0 radical (unpaired) electrons. The highest BCUT2D eigenvalue weighted by molar-refractivity contribution is 7.87. The van der Waals surface area contributed by atoms with Crippen LogP contribution >= 0.6 is 0 Å². The Labute approximate surface area is 174 Å². The largest absolute Gasteiger partial charge is 0.508 e. The van der Waals surface area contributed by atoms with Gasteiger partial charge in [-0.15, -0.1) is 0 Å². The summed E-state index contributed by atoms with van der Waals surface area (Å²) in [5.41, 5.74) is 0.223. The van der Waals surface area contributed by atoms with Crippen molar-refractivity contribution in [1.82, 2.24) is 0 Å². The minimum atomic E-state index is -4.35. The topological polar surface area (TPSA) is 146 Å². The molecular formula is C18H22O10S2. The van der Waals surface area contributed by atoms with Gasteiger partial charge in [0.1, 0.15) is 15.5 Å². The predicted octanol–water partition coefficient (Wildman–Crippen LogP) is 2.66. The van der Waals surface area contributed by atoms with E-state index in [0.717, 1.165) is 24.3 Å². The van der Waals surface area contributed by atoms with E-state index in [1.54, 1.807) is 0 Å². The molecule has 0 unspecified atom stereocenters. The zero-order valence-electron chi connectivity index (χ0n) is 16.7. The maximum absolute atomic E-state index is 12.5. The van der Waals surface area contributed by atoms with Gasteiger partial charge < -0.3 is 19.7 Å². The summed E-state index contributed by atoms with van der Waals surface area (Å²) in [7, 11) is -7.41. The lowest BCUT2D eigenvalue weighted by atomic mass is 10.2. The number of hydrogen-bond acceptors (Lipinski definition) is 10. The van der Waals surface area contributed by atoms with Crippen molar-refractivity contribution in [2.24, 2.45) is 0 Å². The third-order valence-corrected chi connectivity index (χ3v) is 6.62. The Morgan fingerprint density at radius 3 is 1.70 bits per heavy atom. The van der Waals surface area contributed by atoms with Crippen LogP contribution in [0.1, 0.15) is 19.4 Å². The summed E-state index contributed by atoms with van der Waals surface area (Å²) in [6.45, 7) is 4.06. The summed E-state index contributed by atoms with van der Waals surface area (Å²) in [4.78, 5) is -0.950. The van der Waals surface area contributed by atoms with Gasteiger partial charge in [0, 0.05) is 18.2 Å². The average Bonchev–Trinajstić information content (AvgIpc) is 2.64. The molecule has 0 saturated carbocycles. The fourth-order valence-electron chi connectivity index (χ4n) is 2.45. The summed E-state index contributed by atoms with van der Waals surface area (Å²) in [5, 5.41) is 20.1. The monoisotopic (exact) mass is 462 g/mol. The Bertz CT molecular complexity index is 1140. The van der Waals surface area contributed by atoms with E-state index in [-0.39, 0.29) is 30.3 Å². The van der Waals surface area contributed by atoms with Crippen molar-refractivity contribution in [3.05, 3.63) is 29.8 Å². The quantitative estimate of drug-likeness (QED) is 0.533. The first-order chi connectivity index (χ1) is 14.0. The zero-order chi connectivity index (χ0) is 22.7. The minimum absolute atomic E-state index is 0.158. The van der Waals surface area contributed by atoms with Crippen molar-refractivity contribution >= 4 is 20.2 Å². The number of ether oxygens (including phenoxy) is 2. The molecule has 0 amide bonds. The van der Waals surface area contributed by atoms with Crippen LogP contribution in [0.25, 0.3) is 0 Å². The molecule has 2 aromatic rings. The Morgan fingerprint density at radius 1 is 0.767 bits per heavy atom. The number of methoxy groups -OCH3 is 1. The molecule has 30 heavy (non-hydrogen) atoms. The van der Waals surface area contributed by atoms with Crippen LogP contribution in [0, 0.1) is 6.92 Å². The summed E-state index contributed by atoms with van der Waals surface area (Å²) >= 11 is 0. The van der Waals surface area contributed by atoms with Crippen molar-refractivity contribution in [3.63, 3.8) is 0 Å². The van der Waals surface area contributed by atoms with E-state index in [4.69, 9.17) is 17.8 Å². The predicted molar refractivity (Wildman–Crippen MR) is 105 cm³/mol. The van der Waals surface area contributed by atoms with Gasteiger partial charge in [0.15, 0.2) is 23.0 Å². The number of benzene rings is 2. The van der Waals surface area contributed by atoms with Gasteiger partial charge in [-0.25, -0.2) is 0 Å². The number of aromatic hydroxyl groups is 2. The first-order valence-corrected chi connectivity index (χ1v) is 11.5. The van der Waals surface area contributed by atoms with E-state index < -0.39 is 47.3 Å². The summed E-state index contributed by atoms with van der Waals surface area (Å²) in [5.74, 6) is -1.79. The van der Waals surface area contributed by atoms with Crippen molar-refractivity contribution in [2.75, 3.05) is 20.3 Å². The van der Waals surface area contributed by atoms with Crippen molar-refractivity contribution < 1.29 is 44.9 Å². The molecule has 0 fully saturated rings. The number of rotatable bonds is 9. The fourth-order valence-corrected chi connectivity index (χ4v) is 4.59. The maximum atomic E-state index is 12.5. The smallest absolute Gasteiger partial charge is 0.300 e. The van der Waals surface area contributed by atoms with Crippen LogP contribution in [-0.4, -0.2) is 47.4 Å². The van der Waals surface area contributed by atoms with E-state index in [9.17, 15) is 27.0 Å². The Balaban J connectivity index is 2.74. The third-order valence-electron chi connectivity index (χ3n) is 3.81. The molecule has 166 valence electrons. The molecule has 0 aliphatic carbocycles.